The number of ether oxygens (including phenoxy) is 1. The molecule has 2 saturated carbocycles. The smallest absolute Gasteiger partial charge is 0.0900 e. The normalized spacial score (nSPS) is 30.9. The third kappa shape index (κ3) is 4.19. The molecule has 0 aromatic heterocycles. The molecule has 118 valence electrons. The molecule has 0 spiro atoms. The van der Waals surface area contributed by atoms with Gasteiger partial charge in [0.15, 0.2) is 0 Å². The first kappa shape index (κ1) is 16.3. The van der Waals surface area contributed by atoms with Crippen LogP contribution in [0.4, 0.5) is 0 Å². The fourth-order valence-electron chi connectivity index (χ4n) is 4.25. The molecule has 0 amide bonds. The molecule has 0 aromatic carbocycles. The highest BCUT2D eigenvalue weighted by Crippen LogP contribution is 2.48. The van der Waals surface area contributed by atoms with Crippen molar-refractivity contribution in [3.05, 3.63) is 0 Å². The molecule has 2 bridgehead atoms. The Labute approximate surface area is 124 Å². The average molecular weight is 283 g/mol. The highest BCUT2D eigenvalue weighted by molar-refractivity contribution is 4.89. The summed E-state index contributed by atoms with van der Waals surface area (Å²) in [6, 6.07) is 0.936. The van der Waals surface area contributed by atoms with E-state index >= 15 is 0 Å². The van der Waals surface area contributed by atoms with Gasteiger partial charge in [0.05, 0.1) is 12.7 Å². The van der Waals surface area contributed by atoms with Crippen LogP contribution in [0.2, 0.25) is 0 Å². The summed E-state index contributed by atoms with van der Waals surface area (Å²) < 4.78 is 5.82. The molecule has 2 rings (SSSR count). The summed E-state index contributed by atoms with van der Waals surface area (Å²) in [4.78, 5) is 2.32. The number of fused-ring (bicyclic) bond motifs is 2. The van der Waals surface area contributed by atoms with Crippen molar-refractivity contribution in [3.63, 3.8) is 0 Å². The molecule has 3 heteroatoms. The standard InChI is InChI=1S/C17H33NO2/c1-12(2)18(13(3)4)9-17(19)11-20-10-16-8-14-5-6-15(16)7-14/h12-17,19H,5-11H2,1-4H3/t14-,15-,16-,17+/m1/s1. The molecule has 0 saturated heterocycles. The van der Waals surface area contributed by atoms with Crippen LogP contribution in [0, 0.1) is 17.8 Å². The van der Waals surface area contributed by atoms with Gasteiger partial charge in [-0.15, -0.1) is 0 Å². The molecule has 3 nitrogen and oxygen atoms in total. The summed E-state index contributed by atoms with van der Waals surface area (Å²) in [5.41, 5.74) is 0. The first-order valence-corrected chi connectivity index (χ1v) is 8.49. The Kier molecular flexibility index (Phi) is 5.88. The van der Waals surface area contributed by atoms with Crippen molar-refractivity contribution >= 4 is 0 Å². The van der Waals surface area contributed by atoms with E-state index in [1.165, 1.54) is 25.7 Å². The molecule has 2 aliphatic rings. The first-order chi connectivity index (χ1) is 9.47. The van der Waals surface area contributed by atoms with Gasteiger partial charge in [-0.1, -0.05) is 6.42 Å². The van der Waals surface area contributed by atoms with E-state index in [9.17, 15) is 5.11 Å². The number of nitrogens with zero attached hydrogens (tertiary/aromatic N) is 1. The van der Waals surface area contributed by atoms with E-state index in [4.69, 9.17) is 4.74 Å². The highest BCUT2D eigenvalue weighted by Gasteiger charge is 2.39. The molecule has 4 atom stereocenters. The fourth-order valence-corrected chi connectivity index (χ4v) is 4.25. The van der Waals surface area contributed by atoms with Crippen molar-refractivity contribution in [2.75, 3.05) is 19.8 Å². The monoisotopic (exact) mass is 283 g/mol. The molecule has 2 fully saturated rings. The predicted molar refractivity (Wildman–Crippen MR) is 82.7 cm³/mol. The van der Waals surface area contributed by atoms with Gasteiger partial charge in [0.25, 0.3) is 0 Å². The van der Waals surface area contributed by atoms with Crippen LogP contribution in [0.3, 0.4) is 0 Å². The van der Waals surface area contributed by atoms with E-state index in [-0.39, 0.29) is 6.10 Å². The number of aliphatic hydroxyl groups excluding tert-OH is 1. The molecular weight excluding hydrogens is 250 g/mol. The van der Waals surface area contributed by atoms with Crippen molar-refractivity contribution in [1.29, 1.82) is 0 Å². The van der Waals surface area contributed by atoms with Gasteiger partial charge in [0.1, 0.15) is 0 Å². The maximum absolute atomic E-state index is 10.2. The molecule has 20 heavy (non-hydrogen) atoms. The lowest BCUT2D eigenvalue weighted by molar-refractivity contribution is -0.0113. The topological polar surface area (TPSA) is 32.7 Å². The van der Waals surface area contributed by atoms with Crippen LogP contribution < -0.4 is 0 Å². The Balaban J connectivity index is 1.63. The van der Waals surface area contributed by atoms with Crippen molar-refractivity contribution in [3.8, 4) is 0 Å². The second-order valence-electron chi connectivity index (χ2n) is 7.51. The minimum absolute atomic E-state index is 0.363. The summed E-state index contributed by atoms with van der Waals surface area (Å²) in [7, 11) is 0. The predicted octanol–water partition coefficient (Wildman–Crippen LogP) is 2.92. The van der Waals surface area contributed by atoms with Gasteiger partial charge < -0.3 is 9.84 Å². The van der Waals surface area contributed by atoms with Crippen LogP contribution in [0.1, 0.15) is 53.4 Å². The fraction of sp³-hybridized carbons (Fsp3) is 1.00. The van der Waals surface area contributed by atoms with Crippen molar-refractivity contribution in [1.82, 2.24) is 4.90 Å². The Bertz CT molecular complexity index is 285. The van der Waals surface area contributed by atoms with Crippen LogP contribution in [0.25, 0.3) is 0 Å². The number of hydrogen-bond acceptors (Lipinski definition) is 3. The van der Waals surface area contributed by atoms with Crippen LogP contribution in [0.5, 0.6) is 0 Å². The second kappa shape index (κ2) is 7.24. The molecule has 0 radical (unpaired) electrons. The van der Waals surface area contributed by atoms with Crippen molar-refractivity contribution in [2.24, 2.45) is 17.8 Å². The first-order valence-electron chi connectivity index (χ1n) is 8.49. The lowest BCUT2D eigenvalue weighted by Crippen LogP contribution is -2.43. The van der Waals surface area contributed by atoms with E-state index in [0.29, 0.717) is 25.2 Å². The summed E-state index contributed by atoms with van der Waals surface area (Å²) in [6.45, 7) is 10.8. The Hall–Kier alpha value is -0.120. The molecule has 2 aliphatic carbocycles. The zero-order valence-electron chi connectivity index (χ0n) is 13.7. The summed E-state index contributed by atoms with van der Waals surface area (Å²) >= 11 is 0. The number of rotatable bonds is 8. The van der Waals surface area contributed by atoms with E-state index in [1.54, 1.807) is 0 Å². The van der Waals surface area contributed by atoms with Crippen molar-refractivity contribution in [2.45, 2.75) is 71.6 Å². The van der Waals surface area contributed by atoms with Crippen molar-refractivity contribution < 1.29 is 9.84 Å². The van der Waals surface area contributed by atoms with Gasteiger partial charge >= 0.3 is 0 Å². The Morgan fingerprint density at radius 3 is 2.30 bits per heavy atom. The molecule has 0 heterocycles. The van der Waals surface area contributed by atoms with E-state index in [0.717, 1.165) is 24.4 Å². The van der Waals surface area contributed by atoms with Gasteiger partial charge in [-0.3, -0.25) is 4.90 Å². The third-order valence-electron chi connectivity index (χ3n) is 5.27. The molecule has 0 unspecified atom stereocenters. The van der Waals surface area contributed by atoms with Crippen LogP contribution in [-0.4, -0.2) is 48.0 Å². The summed E-state index contributed by atoms with van der Waals surface area (Å²) in [5.74, 6) is 2.67. The Morgan fingerprint density at radius 1 is 1.10 bits per heavy atom. The maximum atomic E-state index is 10.2. The van der Waals surface area contributed by atoms with Gasteiger partial charge in [-0.2, -0.15) is 0 Å². The highest BCUT2D eigenvalue weighted by atomic mass is 16.5. The molecular formula is C17H33NO2. The third-order valence-corrected chi connectivity index (χ3v) is 5.27. The quantitative estimate of drug-likeness (QED) is 0.743. The number of aliphatic hydroxyl groups is 1. The number of hydrogen-bond donors (Lipinski definition) is 1. The average Bonchev–Trinajstić information content (AvgIpc) is 2.97. The van der Waals surface area contributed by atoms with Crippen LogP contribution in [-0.2, 0) is 4.74 Å². The van der Waals surface area contributed by atoms with Crippen LogP contribution in [0.15, 0.2) is 0 Å². The lowest BCUT2D eigenvalue weighted by Gasteiger charge is -2.32. The SMILES string of the molecule is CC(C)N(C[C@H](O)COC[C@H]1C[C@@H]2CC[C@@H]1C2)C(C)C. The maximum Gasteiger partial charge on any atom is 0.0900 e. The molecule has 0 aliphatic heterocycles. The zero-order valence-corrected chi connectivity index (χ0v) is 13.7. The summed E-state index contributed by atoms with van der Waals surface area (Å²) in [5, 5.41) is 10.2. The zero-order chi connectivity index (χ0) is 14.7. The van der Waals surface area contributed by atoms with Gasteiger partial charge in [-0.25, -0.2) is 0 Å². The summed E-state index contributed by atoms with van der Waals surface area (Å²) in [6.07, 6.45) is 5.30. The minimum atomic E-state index is -0.363. The van der Waals surface area contributed by atoms with E-state index in [1.807, 2.05) is 0 Å². The second-order valence-corrected chi connectivity index (χ2v) is 7.51. The van der Waals surface area contributed by atoms with E-state index < -0.39 is 0 Å². The van der Waals surface area contributed by atoms with Crippen LogP contribution >= 0.6 is 0 Å². The largest absolute Gasteiger partial charge is 0.389 e. The van der Waals surface area contributed by atoms with Gasteiger partial charge in [-0.05, 0) is 64.7 Å². The van der Waals surface area contributed by atoms with Gasteiger partial charge in [0, 0.05) is 25.2 Å². The molecule has 0 aromatic rings. The Morgan fingerprint density at radius 2 is 1.80 bits per heavy atom. The van der Waals surface area contributed by atoms with Gasteiger partial charge in [0.2, 0.25) is 0 Å². The lowest BCUT2D eigenvalue weighted by atomic mass is 9.90. The minimum Gasteiger partial charge on any atom is -0.389 e. The molecule has 1 N–H and O–H groups in total. The van der Waals surface area contributed by atoms with E-state index in [2.05, 4.69) is 32.6 Å².